The summed E-state index contributed by atoms with van der Waals surface area (Å²) in [5, 5.41) is 3.73. The zero-order chi connectivity index (χ0) is 30.3. The van der Waals surface area contributed by atoms with E-state index in [0.29, 0.717) is 27.6 Å². The lowest BCUT2D eigenvalue weighted by Crippen LogP contribution is -2.53. The van der Waals surface area contributed by atoms with Gasteiger partial charge in [0.1, 0.15) is 12.6 Å². The van der Waals surface area contributed by atoms with Gasteiger partial charge in [-0.05, 0) is 75.1 Å². The molecule has 0 aliphatic heterocycles. The molecule has 0 aliphatic carbocycles. The van der Waals surface area contributed by atoms with Gasteiger partial charge in [-0.1, -0.05) is 79.0 Å². The Kier molecular flexibility index (Phi) is 11.2. The molecule has 1 N–H and O–H groups in total. The van der Waals surface area contributed by atoms with Crippen LogP contribution < -0.4 is 9.62 Å². The highest BCUT2D eigenvalue weighted by molar-refractivity contribution is 7.92. The van der Waals surface area contributed by atoms with E-state index in [-0.39, 0.29) is 29.1 Å². The molecule has 10 heteroatoms. The van der Waals surface area contributed by atoms with Gasteiger partial charge in [-0.2, -0.15) is 0 Å². The molecule has 41 heavy (non-hydrogen) atoms. The Morgan fingerprint density at radius 2 is 1.59 bits per heavy atom. The van der Waals surface area contributed by atoms with Crippen LogP contribution in [0, 0.1) is 13.8 Å². The summed E-state index contributed by atoms with van der Waals surface area (Å²) in [7, 11) is -4.19. The first-order valence-electron chi connectivity index (χ1n) is 13.6. The van der Waals surface area contributed by atoms with Crippen LogP contribution >= 0.6 is 23.2 Å². The van der Waals surface area contributed by atoms with Gasteiger partial charge >= 0.3 is 0 Å². The zero-order valence-electron chi connectivity index (χ0n) is 24.0. The minimum absolute atomic E-state index is 0.0257. The number of nitrogens with zero attached hydrogens (tertiary/aromatic N) is 2. The maximum atomic E-state index is 14.2. The molecule has 0 bridgehead atoms. The SMILES string of the molecule is CC[C@@H](C)NC(=O)[C@H](CC)N(Cc1ccccc1Cl)C(=O)CN(c1cc(Cl)ccc1C)S(=O)(=O)c1ccc(C)cc1. The Balaban J connectivity index is 2.11. The van der Waals surface area contributed by atoms with E-state index in [9.17, 15) is 18.0 Å². The second kappa shape index (κ2) is 14.2. The molecule has 0 aliphatic rings. The molecule has 0 radical (unpaired) electrons. The number of carbonyl (C=O) groups is 2. The number of hydrogen-bond acceptors (Lipinski definition) is 4. The Labute approximate surface area is 253 Å². The first-order valence-corrected chi connectivity index (χ1v) is 15.8. The minimum Gasteiger partial charge on any atom is -0.352 e. The van der Waals surface area contributed by atoms with Gasteiger partial charge in [-0.15, -0.1) is 0 Å². The van der Waals surface area contributed by atoms with Crippen molar-refractivity contribution >= 4 is 50.7 Å². The second-order valence-corrected chi connectivity index (χ2v) is 12.8. The summed E-state index contributed by atoms with van der Waals surface area (Å²) in [5.41, 5.74) is 2.44. The summed E-state index contributed by atoms with van der Waals surface area (Å²) in [6.45, 7) is 8.76. The predicted octanol–water partition coefficient (Wildman–Crippen LogP) is 6.53. The van der Waals surface area contributed by atoms with Crippen LogP contribution in [0.25, 0.3) is 0 Å². The smallest absolute Gasteiger partial charge is 0.264 e. The summed E-state index contributed by atoms with van der Waals surface area (Å²) in [4.78, 5) is 29.0. The maximum absolute atomic E-state index is 14.2. The Hall–Kier alpha value is -3.07. The first-order chi connectivity index (χ1) is 19.4. The highest BCUT2D eigenvalue weighted by atomic mass is 35.5. The normalized spacial score (nSPS) is 12.9. The van der Waals surface area contributed by atoms with Crippen molar-refractivity contribution < 1.29 is 18.0 Å². The van der Waals surface area contributed by atoms with E-state index in [1.807, 2.05) is 27.7 Å². The molecular formula is C31H37Cl2N3O4S. The molecule has 7 nitrogen and oxygen atoms in total. The Morgan fingerprint density at radius 1 is 0.927 bits per heavy atom. The van der Waals surface area contributed by atoms with Crippen LogP contribution in [-0.4, -0.2) is 43.8 Å². The van der Waals surface area contributed by atoms with E-state index < -0.39 is 28.5 Å². The molecule has 0 saturated carbocycles. The maximum Gasteiger partial charge on any atom is 0.264 e. The van der Waals surface area contributed by atoms with Gasteiger partial charge in [0, 0.05) is 22.6 Å². The van der Waals surface area contributed by atoms with Crippen LogP contribution in [0.5, 0.6) is 0 Å². The molecule has 0 spiro atoms. The average Bonchev–Trinajstić information content (AvgIpc) is 2.94. The van der Waals surface area contributed by atoms with Crippen molar-refractivity contribution in [2.24, 2.45) is 0 Å². The van der Waals surface area contributed by atoms with Crippen molar-refractivity contribution in [1.29, 1.82) is 0 Å². The van der Waals surface area contributed by atoms with E-state index >= 15 is 0 Å². The molecule has 2 amide bonds. The zero-order valence-corrected chi connectivity index (χ0v) is 26.4. The van der Waals surface area contributed by atoms with E-state index in [2.05, 4.69) is 5.32 Å². The van der Waals surface area contributed by atoms with E-state index in [1.165, 1.54) is 23.1 Å². The summed E-state index contributed by atoms with van der Waals surface area (Å²) in [6, 6.07) is 17.4. The third-order valence-electron chi connectivity index (χ3n) is 7.01. The quantitative estimate of drug-likeness (QED) is 0.250. The fourth-order valence-corrected chi connectivity index (χ4v) is 6.21. The van der Waals surface area contributed by atoms with Gasteiger partial charge in [0.25, 0.3) is 10.0 Å². The van der Waals surface area contributed by atoms with E-state index in [4.69, 9.17) is 23.2 Å². The number of sulfonamides is 1. The highest BCUT2D eigenvalue weighted by Crippen LogP contribution is 2.30. The van der Waals surface area contributed by atoms with Crippen LogP contribution in [0.3, 0.4) is 0 Å². The molecule has 3 aromatic rings. The molecule has 0 saturated heterocycles. The van der Waals surface area contributed by atoms with Crippen LogP contribution in [-0.2, 0) is 26.2 Å². The third kappa shape index (κ3) is 8.03. The number of rotatable bonds is 12. The van der Waals surface area contributed by atoms with Gasteiger partial charge in [0.2, 0.25) is 11.8 Å². The minimum atomic E-state index is -4.19. The van der Waals surface area contributed by atoms with Gasteiger partial charge in [0.15, 0.2) is 0 Å². The fourth-order valence-electron chi connectivity index (χ4n) is 4.37. The van der Waals surface area contributed by atoms with Crippen LogP contribution in [0.15, 0.2) is 71.6 Å². The molecule has 0 aromatic heterocycles. The fraction of sp³-hybridized carbons (Fsp3) is 0.355. The number of aryl methyl sites for hydroxylation is 2. The number of hydrogen-bond donors (Lipinski definition) is 1. The largest absolute Gasteiger partial charge is 0.352 e. The molecule has 2 atom stereocenters. The summed E-state index contributed by atoms with van der Waals surface area (Å²) >= 11 is 12.7. The molecule has 220 valence electrons. The monoisotopic (exact) mass is 617 g/mol. The lowest BCUT2D eigenvalue weighted by molar-refractivity contribution is -0.140. The lowest BCUT2D eigenvalue weighted by atomic mass is 10.1. The van der Waals surface area contributed by atoms with Crippen molar-refractivity contribution in [3.63, 3.8) is 0 Å². The summed E-state index contributed by atoms with van der Waals surface area (Å²) < 4.78 is 29.2. The van der Waals surface area contributed by atoms with Crippen LogP contribution in [0.2, 0.25) is 10.0 Å². The Morgan fingerprint density at radius 3 is 2.20 bits per heavy atom. The number of benzene rings is 3. The standard InChI is InChI=1S/C31H37Cl2N3O4S/c1-6-23(5)34-31(38)28(7-2)35(19-24-10-8-9-11-27(24)33)30(37)20-36(29-18-25(32)15-14-22(29)4)41(39,40)26-16-12-21(3)13-17-26/h8-18,23,28H,6-7,19-20H2,1-5H3,(H,34,38)/t23-,28+/m1/s1. The number of anilines is 1. The van der Waals surface area contributed by atoms with Crippen LogP contribution in [0.1, 0.15) is 50.3 Å². The van der Waals surface area contributed by atoms with Crippen LogP contribution in [0.4, 0.5) is 5.69 Å². The van der Waals surface area contributed by atoms with Crippen molar-refractivity contribution in [2.45, 2.75) is 71.0 Å². The first kappa shape index (κ1) is 32.4. The van der Waals surface area contributed by atoms with Gasteiger partial charge in [-0.25, -0.2) is 8.42 Å². The second-order valence-electron chi connectivity index (χ2n) is 10.1. The van der Waals surface area contributed by atoms with Gasteiger partial charge in [-0.3, -0.25) is 13.9 Å². The summed E-state index contributed by atoms with van der Waals surface area (Å²) in [6.07, 6.45) is 1.04. The molecule has 0 heterocycles. The van der Waals surface area contributed by atoms with Crippen molar-refractivity contribution in [3.8, 4) is 0 Å². The van der Waals surface area contributed by atoms with Crippen molar-refractivity contribution in [2.75, 3.05) is 10.8 Å². The molecular weight excluding hydrogens is 581 g/mol. The number of halogens is 2. The molecule has 0 unspecified atom stereocenters. The topological polar surface area (TPSA) is 86.8 Å². The molecule has 3 aromatic carbocycles. The van der Waals surface area contributed by atoms with E-state index in [0.717, 1.165) is 16.3 Å². The van der Waals surface area contributed by atoms with Crippen molar-refractivity contribution in [3.05, 3.63) is 93.5 Å². The molecule has 3 rings (SSSR count). The van der Waals surface area contributed by atoms with Crippen molar-refractivity contribution in [1.82, 2.24) is 10.2 Å². The third-order valence-corrected chi connectivity index (χ3v) is 9.39. The number of carbonyl (C=O) groups excluding carboxylic acids is 2. The average molecular weight is 619 g/mol. The molecule has 0 fully saturated rings. The number of nitrogens with one attached hydrogen (secondary N) is 1. The lowest BCUT2D eigenvalue weighted by Gasteiger charge is -2.34. The van der Waals surface area contributed by atoms with Gasteiger partial charge < -0.3 is 10.2 Å². The van der Waals surface area contributed by atoms with Gasteiger partial charge in [0.05, 0.1) is 10.6 Å². The predicted molar refractivity (Wildman–Crippen MR) is 166 cm³/mol. The van der Waals surface area contributed by atoms with E-state index in [1.54, 1.807) is 55.5 Å². The number of amides is 2. The highest BCUT2D eigenvalue weighted by Gasteiger charge is 2.34. The summed E-state index contributed by atoms with van der Waals surface area (Å²) in [5.74, 6) is -0.861. The Bertz CT molecular complexity index is 1480.